The molecule has 0 aliphatic carbocycles. The van der Waals surface area contributed by atoms with Crippen LogP contribution < -0.4 is 5.73 Å². The molecule has 0 heterocycles. The molecule has 0 bridgehead atoms. The van der Waals surface area contributed by atoms with Gasteiger partial charge in [-0.05, 0) is 24.0 Å². The summed E-state index contributed by atoms with van der Waals surface area (Å²) in [5.74, 6) is 0.702. The summed E-state index contributed by atoms with van der Waals surface area (Å²) in [7, 11) is 0. The number of anilines is 1. The quantitative estimate of drug-likeness (QED) is 0.566. The number of benzene rings is 1. The summed E-state index contributed by atoms with van der Waals surface area (Å²) in [6, 6.07) is 7.99. The first-order valence-corrected chi connectivity index (χ1v) is 6.19. The molecule has 0 aliphatic heterocycles. The Balaban J connectivity index is 2.23. The van der Waals surface area contributed by atoms with Gasteiger partial charge in [-0.25, -0.2) is 0 Å². The maximum Gasteiger partial charge on any atom is 0.0507 e. The van der Waals surface area contributed by atoms with E-state index in [1.54, 1.807) is 0 Å². The van der Waals surface area contributed by atoms with Gasteiger partial charge in [0.2, 0.25) is 0 Å². The summed E-state index contributed by atoms with van der Waals surface area (Å²) >= 11 is 0. The van der Waals surface area contributed by atoms with Crippen molar-refractivity contribution in [2.24, 2.45) is 5.92 Å². The van der Waals surface area contributed by atoms with Crippen molar-refractivity contribution in [3.05, 3.63) is 29.8 Å². The first-order valence-electron chi connectivity index (χ1n) is 6.19. The molecule has 0 radical (unpaired) electrons. The average molecular weight is 221 g/mol. The smallest absolute Gasteiger partial charge is 0.0507 e. The van der Waals surface area contributed by atoms with Gasteiger partial charge in [-0.3, -0.25) is 0 Å². The number of ether oxygens (including phenoxy) is 1. The predicted octanol–water partition coefficient (Wildman–Crippen LogP) is 3.26. The monoisotopic (exact) mass is 221 g/mol. The molecule has 0 amide bonds. The molecule has 0 unspecified atom stereocenters. The Kier molecular flexibility index (Phi) is 5.94. The molecule has 1 aromatic rings. The van der Waals surface area contributed by atoms with Crippen LogP contribution in [0.1, 0.15) is 32.3 Å². The number of nitrogens with two attached hydrogens (primary N) is 1. The molecular weight excluding hydrogens is 198 g/mol. The van der Waals surface area contributed by atoms with E-state index in [2.05, 4.69) is 19.9 Å². The van der Waals surface area contributed by atoms with E-state index in [1.807, 2.05) is 18.2 Å². The summed E-state index contributed by atoms with van der Waals surface area (Å²) in [5, 5.41) is 0. The lowest BCUT2D eigenvalue weighted by atomic mass is 10.1. The van der Waals surface area contributed by atoms with Crippen LogP contribution in [0.5, 0.6) is 0 Å². The van der Waals surface area contributed by atoms with Crippen molar-refractivity contribution in [2.75, 3.05) is 18.9 Å². The Morgan fingerprint density at radius 3 is 2.50 bits per heavy atom. The number of hydrogen-bond donors (Lipinski definition) is 1. The zero-order chi connectivity index (χ0) is 11.8. The number of rotatable bonds is 7. The highest BCUT2D eigenvalue weighted by atomic mass is 16.5. The van der Waals surface area contributed by atoms with E-state index in [1.165, 1.54) is 18.4 Å². The molecular formula is C14H23NO. The Morgan fingerprint density at radius 1 is 1.19 bits per heavy atom. The normalized spacial score (nSPS) is 10.9. The van der Waals surface area contributed by atoms with Crippen molar-refractivity contribution in [1.29, 1.82) is 0 Å². The SMILES string of the molecule is CCC(CC)COCCc1ccccc1N. The second-order valence-electron chi connectivity index (χ2n) is 4.21. The van der Waals surface area contributed by atoms with E-state index in [-0.39, 0.29) is 0 Å². The Labute approximate surface area is 98.8 Å². The zero-order valence-electron chi connectivity index (χ0n) is 10.4. The maximum absolute atomic E-state index is 5.86. The van der Waals surface area contributed by atoms with Crippen LogP contribution in [-0.4, -0.2) is 13.2 Å². The third-order valence-corrected chi connectivity index (χ3v) is 3.08. The van der Waals surface area contributed by atoms with Gasteiger partial charge < -0.3 is 10.5 Å². The highest BCUT2D eigenvalue weighted by Crippen LogP contribution is 2.12. The van der Waals surface area contributed by atoms with Crippen LogP contribution in [0.25, 0.3) is 0 Å². The van der Waals surface area contributed by atoms with Crippen molar-refractivity contribution in [1.82, 2.24) is 0 Å². The van der Waals surface area contributed by atoms with Crippen LogP contribution in [0.2, 0.25) is 0 Å². The number of para-hydroxylation sites is 1. The van der Waals surface area contributed by atoms with Gasteiger partial charge in [-0.1, -0.05) is 44.9 Å². The molecule has 0 fully saturated rings. The first-order chi connectivity index (χ1) is 7.77. The highest BCUT2D eigenvalue weighted by molar-refractivity contribution is 5.46. The van der Waals surface area contributed by atoms with Crippen molar-refractivity contribution < 1.29 is 4.74 Å². The van der Waals surface area contributed by atoms with E-state index >= 15 is 0 Å². The topological polar surface area (TPSA) is 35.2 Å². The van der Waals surface area contributed by atoms with E-state index in [9.17, 15) is 0 Å². The van der Waals surface area contributed by atoms with Crippen molar-refractivity contribution >= 4 is 5.69 Å². The number of hydrogen-bond acceptors (Lipinski definition) is 2. The highest BCUT2D eigenvalue weighted by Gasteiger charge is 2.03. The number of nitrogen functional groups attached to an aromatic ring is 1. The summed E-state index contributed by atoms with van der Waals surface area (Å²) in [6.07, 6.45) is 3.31. The minimum Gasteiger partial charge on any atom is -0.399 e. The van der Waals surface area contributed by atoms with Gasteiger partial charge in [-0.2, -0.15) is 0 Å². The summed E-state index contributed by atoms with van der Waals surface area (Å²) in [6.45, 7) is 6.07. The fourth-order valence-corrected chi connectivity index (χ4v) is 1.72. The van der Waals surface area contributed by atoms with Gasteiger partial charge in [0, 0.05) is 12.3 Å². The van der Waals surface area contributed by atoms with Gasteiger partial charge in [0.05, 0.1) is 6.61 Å². The summed E-state index contributed by atoms with van der Waals surface area (Å²) < 4.78 is 5.68. The molecule has 2 N–H and O–H groups in total. The minimum atomic E-state index is 0.702. The van der Waals surface area contributed by atoms with Crippen molar-refractivity contribution in [2.45, 2.75) is 33.1 Å². The van der Waals surface area contributed by atoms with Gasteiger partial charge in [-0.15, -0.1) is 0 Å². The van der Waals surface area contributed by atoms with Gasteiger partial charge >= 0.3 is 0 Å². The Bertz CT molecular complexity index is 295. The largest absolute Gasteiger partial charge is 0.399 e. The second-order valence-corrected chi connectivity index (χ2v) is 4.21. The molecule has 16 heavy (non-hydrogen) atoms. The lowest BCUT2D eigenvalue weighted by molar-refractivity contribution is 0.0989. The Hall–Kier alpha value is -1.02. The lowest BCUT2D eigenvalue weighted by Gasteiger charge is -2.12. The summed E-state index contributed by atoms with van der Waals surface area (Å²) in [4.78, 5) is 0. The standard InChI is InChI=1S/C14H23NO/c1-3-12(4-2)11-16-10-9-13-7-5-6-8-14(13)15/h5-8,12H,3-4,9-11,15H2,1-2H3. The second kappa shape index (κ2) is 7.29. The predicted molar refractivity (Wildman–Crippen MR) is 69.4 cm³/mol. The molecule has 2 heteroatoms. The maximum atomic E-state index is 5.86. The van der Waals surface area contributed by atoms with Crippen molar-refractivity contribution in [3.63, 3.8) is 0 Å². The van der Waals surface area contributed by atoms with Crippen LogP contribution in [0, 0.1) is 5.92 Å². The average Bonchev–Trinajstić information content (AvgIpc) is 2.31. The van der Waals surface area contributed by atoms with Gasteiger partial charge in [0.1, 0.15) is 0 Å². The summed E-state index contributed by atoms with van der Waals surface area (Å²) in [5.41, 5.74) is 7.92. The van der Waals surface area contributed by atoms with E-state index in [0.29, 0.717) is 5.92 Å². The van der Waals surface area contributed by atoms with Gasteiger partial charge in [0.25, 0.3) is 0 Å². The molecule has 90 valence electrons. The zero-order valence-corrected chi connectivity index (χ0v) is 10.4. The molecule has 0 aliphatic rings. The molecule has 1 aromatic carbocycles. The van der Waals surface area contributed by atoms with E-state index in [0.717, 1.165) is 25.3 Å². The fourth-order valence-electron chi connectivity index (χ4n) is 1.72. The fraction of sp³-hybridized carbons (Fsp3) is 0.571. The lowest BCUT2D eigenvalue weighted by Crippen LogP contribution is -2.10. The van der Waals surface area contributed by atoms with Crippen LogP contribution in [-0.2, 0) is 11.2 Å². The third kappa shape index (κ3) is 4.23. The van der Waals surface area contributed by atoms with Crippen LogP contribution in [0.3, 0.4) is 0 Å². The molecule has 0 atom stereocenters. The van der Waals surface area contributed by atoms with E-state index < -0.39 is 0 Å². The molecule has 0 spiro atoms. The third-order valence-electron chi connectivity index (χ3n) is 3.08. The van der Waals surface area contributed by atoms with Crippen LogP contribution in [0.15, 0.2) is 24.3 Å². The first kappa shape index (κ1) is 13.0. The Morgan fingerprint density at radius 2 is 1.88 bits per heavy atom. The molecule has 0 saturated heterocycles. The van der Waals surface area contributed by atoms with Crippen molar-refractivity contribution in [3.8, 4) is 0 Å². The minimum absolute atomic E-state index is 0.702. The molecule has 2 nitrogen and oxygen atoms in total. The van der Waals surface area contributed by atoms with Gasteiger partial charge in [0.15, 0.2) is 0 Å². The molecule has 1 rings (SSSR count). The molecule has 0 saturated carbocycles. The van der Waals surface area contributed by atoms with Crippen LogP contribution >= 0.6 is 0 Å². The molecule has 0 aromatic heterocycles. The van der Waals surface area contributed by atoms with E-state index in [4.69, 9.17) is 10.5 Å². The van der Waals surface area contributed by atoms with Crippen LogP contribution in [0.4, 0.5) is 5.69 Å².